The minimum Gasteiger partial charge on any atom is -0.480 e. The molecule has 0 aliphatic carbocycles. The van der Waals surface area contributed by atoms with Crippen LogP contribution in [0.5, 0.6) is 0 Å². The Kier molecular flexibility index (Phi) is 5.68. The summed E-state index contributed by atoms with van der Waals surface area (Å²) in [6, 6.07) is 1.66. The smallest absolute Gasteiger partial charge is 0.411 e. The normalized spacial score (nSPS) is 19.5. The lowest BCUT2D eigenvalue weighted by atomic mass is 9.91. The molecule has 0 unspecified atom stereocenters. The monoisotopic (exact) mass is 398 g/mol. The third-order valence-corrected chi connectivity index (χ3v) is 4.38. The molecule has 1 saturated heterocycles. The molecule has 7 nitrogen and oxygen atoms in total. The predicted molar refractivity (Wildman–Crippen MR) is 95.5 cm³/mol. The molecule has 2 rings (SSSR count). The highest BCUT2D eigenvalue weighted by atomic mass is 19.1. The quantitative estimate of drug-likeness (QED) is 0.846. The lowest BCUT2D eigenvalue weighted by Crippen LogP contribution is -2.66. The average Bonchev–Trinajstić information content (AvgIpc) is 2.48. The Bertz CT molecular complexity index is 784. The first-order chi connectivity index (χ1) is 12.7. The van der Waals surface area contributed by atoms with Crippen molar-refractivity contribution in [3.05, 3.63) is 35.4 Å². The number of benzene rings is 1. The van der Waals surface area contributed by atoms with E-state index in [0.29, 0.717) is 6.07 Å². The summed E-state index contributed by atoms with van der Waals surface area (Å²) in [6.45, 7) is 7.09. The van der Waals surface area contributed by atoms with E-state index in [2.05, 4.69) is 0 Å². The zero-order valence-electron chi connectivity index (χ0n) is 16.5. The first-order valence-electron chi connectivity index (χ1n) is 8.72. The number of aliphatic carboxylic acids is 1. The third kappa shape index (κ3) is 4.58. The number of hydrogen-bond donors (Lipinski definition) is 1. The van der Waals surface area contributed by atoms with Crippen LogP contribution in [0.3, 0.4) is 0 Å². The van der Waals surface area contributed by atoms with Crippen LogP contribution in [0.15, 0.2) is 18.2 Å². The highest BCUT2D eigenvalue weighted by Gasteiger charge is 2.50. The minimum atomic E-state index is -1.40. The maximum absolute atomic E-state index is 13.7. The van der Waals surface area contributed by atoms with Crippen LogP contribution in [-0.2, 0) is 14.3 Å². The Labute approximate surface area is 161 Å². The van der Waals surface area contributed by atoms with Gasteiger partial charge in [0.25, 0.3) is 0 Å². The maximum atomic E-state index is 13.7. The van der Waals surface area contributed by atoms with Gasteiger partial charge in [-0.25, -0.2) is 13.6 Å². The maximum Gasteiger partial charge on any atom is 0.411 e. The molecule has 0 saturated carbocycles. The number of piperazine rings is 1. The molecule has 1 aliphatic heterocycles. The molecule has 154 valence electrons. The van der Waals surface area contributed by atoms with E-state index in [1.165, 1.54) is 13.8 Å². The summed E-state index contributed by atoms with van der Waals surface area (Å²) in [4.78, 5) is 39.2. The largest absolute Gasteiger partial charge is 0.480 e. The Morgan fingerprint density at radius 3 is 2.21 bits per heavy atom. The summed E-state index contributed by atoms with van der Waals surface area (Å²) in [5.74, 6) is -3.68. The summed E-state index contributed by atoms with van der Waals surface area (Å²) >= 11 is 0. The molecule has 0 bridgehead atoms. The van der Waals surface area contributed by atoms with E-state index in [9.17, 15) is 28.3 Å². The number of halogens is 2. The Hall–Kier alpha value is -2.71. The standard InChI is InChI=1S/C19H24F2N2O5/c1-18(2,3)28-17(27)23-9-14(11-6-12(20)8-13(21)7-11)22(10-15(24)25)16(26)19(23,4)5/h6-8,14H,9-10H2,1-5H3,(H,24,25)/t14-/m0/s1. The van der Waals surface area contributed by atoms with Gasteiger partial charge in [-0.1, -0.05) is 0 Å². The van der Waals surface area contributed by atoms with Gasteiger partial charge in [-0.3, -0.25) is 14.5 Å². The van der Waals surface area contributed by atoms with Gasteiger partial charge < -0.3 is 14.7 Å². The molecule has 1 heterocycles. The second-order valence-corrected chi connectivity index (χ2v) is 8.20. The molecule has 1 N–H and O–H groups in total. The second-order valence-electron chi connectivity index (χ2n) is 8.20. The average molecular weight is 398 g/mol. The molecular formula is C19H24F2N2O5. The Balaban J connectivity index is 2.51. The SMILES string of the molecule is CC(C)(C)OC(=O)N1C[C@@H](c2cc(F)cc(F)c2)N(CC(=O)O)C(=O)C1(C)C. The lowest BCUT2D eigenvalue weighted by Gasteiger charge is -2.49. The van der Waals surface area contributed by atoms with Crippen LogP contribution >= 0.6 is 0 Å². The topological polar surface area (TPSA) is 87.2 Å². The van der Waals surface area contributed by atoms with Gasteiger partial charge in [0.1, 0.15) is 29.3 Å². The molecule has 1 aromatic rings. The van der Waals surface area contributed by atoms with Crippen molar-refractivity contribution in [1.29, 1.82) is 0 Å². The van der Waals surface area contributed by atoms with Gasteiger partial charge in [-0.2, -0.15) is 0 Å². The van der Waals surface area contributed by atoms with Crippen LogP contribution in [-0.4, -0.2) is 57.1 Å². The fraction of sp³-hybridized carbons (Fsp3) is 0.526. The summed E-state index contributed by atoms with van der Waals surface area (Å²) in [7, 11) is 0. The summed E-state index contributed by atoms with van der Waals surface area (Å²) < 4.78 is 32.8. The number of ether oxygens (including phenoxy) is 1. The number of carbonyl (C=O) groups excluding carboxylic acids is 2. The van der Waals surface area contributed by atoms with Gasteiger partial charge in [0.2, 0.25) is 5.91 Å². The van der Waals surface area contributed by atoms with E-state index in [-0.39, 0.29) is 12.1 Å². The number of rotatable bonds is 3. The highest BCUT2D eigenvalue weighted by molar-refractivity contribution is 5.92. The van der Waals surface area contributed by atoms with E-state index in [4.69, 9.17) is 4.74 Å². The van der Waals surface area contributed by atoms with Gasteiger partial charge in [0.15, 0.2) is 0 Å². The molecule has 28 heavy (non-hydrogen) atoms. The molecule has 9 heteroatoms. The molecule has 1 aliphatic rings. The van der Waals surface area contributed by atoms with Crippen molar-refractivity contribution in [2.24, 2.45) is 0 Å². The van der Waals surface area contributed by atoms with Crippen molar-refractivity contribution in [3.63, 3.8) is 0 Å². The van der Waals surface area contributed by atoms with Crippen molar-refractivity contribution in [2.75, 3.05) is 13.1 Å². The highest BCUT2D eigenvalue weighted by Crippen LogP contribution is 2.35. The van der Waals surface area contributed by atoms with Gasteiger partial charge in [-0.15, -0.1) is 0 Å². The Morgan fingerprint density at radius 2 is 1.75 bits per heavy atom. The number of carboxylic acids is 1. The number of carbonyl (C=O) groups is 3. The number of hydrogen-bond acceptors (Lipinski definition) is 4. The zero-order chi connectivity index (χ0) is 21.4. The van der Waals surface area contributed by atoms with Gasteiger partial charge in [0, 0.05) is 12.6 Å². The van der Waals surface area contributed by atoms with Gasteiger partial charge >= 0.3 is 12.1 Å². The van der Waals surface area contributed by atoms with Crippen molar-refractivity contribution < 1.29 is 33.0 Å². The van der Waals surface area contributed by atoms with E-state index in [1.54, 1.807) is 20.8 Å². The lowest BCUT2D eigenvalue weighted by molar-refractivity contribution is -0.159. The van der Waals surface area contributed by atoms with E-state index < -0.39 is 53.3 Å². The molecule has 0 radical (unpaired) electrons. The van der Waals surface area contributed by atoms with Crippen LogP contribution < -0.4 is 0 Å². The van der Waals surface area contributed by atoms with Crippen molar-refractivity contribution in [2.45, 2.75) is 51.8 Å². The van der Waals surface area contributed by atoms with E-state index in [0.717, 1.165) is 21.9 Å². The fourth-order valence-corrected chi connectivity index (χ4v) is 3.11. The first-order valence-corrected chi connectivity index (χ1v) is 8.72. The zero-order valence-corrected chi connectivity index (χ0v) is 16.5. The molecular weight excluding hydrogens is 374 g/mol. The first kappa shape index (κ1) is 21.6. The summed E-state index contributed by atoms with van der Waals surface area (Å²) in [6.07, 6.45) is -0.775. The van der Waals surface area contributed by atoms with Crippen LogP contribution in [0.25, 0.3) is 0 Å². The van der Waals surface area contributed by atoms with Crippen molar-refractivity contribution in [3.8, 4) is 0 Å². The Morgan fingerprint density at radius 1 is 1.21 bits per heavy atom. The molecule has 1 aromatic carbocycles. The third-order valence-electron chi connectivity index (χ3n) is 4.38. The van der Waals surface area contributed by atoms with Crippen LogP contribution in [0.1, 0.15) is 46.2 Å². The number of carboxylic acid groups (broad SMARTS) is 1. The van der Waals surface area contributed by atoms with Crippen LogP contribution in [0, 0.1) is 11.6 Å². The van der Waals surface area contributed by atoms with Gasteiger partial charge in [-0.05, 0) is 52.3 Å². The number of amides is 2. The molecule has 2 amide bonds. The molecule has 0 aromatic heterocycles. The number of nitrogens with zero attached hydrogens (tertiary/aromatic N) is 2. The predicted octanol–water partition coefficient (Wildman–Crippen LogP) is 2.95. The van der Waals surface area contributed by atoms with Crippen molar-refractivity contribution >= 4 is 18.0 Å². The summed E-state index contributed by atoms with van der Waals surface area (Å²) in [5, 5.41) is 9.21. The molecule has 1 atom stereocenters. The molecule has 0 spiro atoms. The van der Waals surface area contributed by atoms with Gasteiger partial charge in [0.05, 0.1) is 6.04 Å². The molecule has 1 fully saturated rings. The van der Waals surface area contributed by atoms with E-state index in [1.807, 2.05) is 0 Å². The van der Waals surface area contributed by atoms with Crippen LogP contribution in [0.2, 0.25) is 0 Å². The fourth-order valence-electron chi connectivity index (χ4n) is 3.11. The van der Waals surface area contributed by atoms with Crippen LogP contribution in [0.4, 0.5) is 13.6 Å². The second kappa shape index (κ2) is 7.37. The van der Waals surface area contributed by atoms with Crippen molar-refractivity contribution in [1.82, 2.24) is 9.80 Å². The van der Waals surface area contributed by atoms with E-state index >= 15 is 0 Å². The minimum absolute atomic E-state index is 0.0520. The summed E-state index contributed by atoms with van der Waals surface area (Å²) in [5.41, 5.74) is -2.18.